The number of nitrogens with one attached hydrogen (secondary N) is 1. The Bertz CT molecular complexity index is 250. The largest absolute Gasteiger partial charge is 0.328 e. The van der Waals surface area contributed by atoms with Gasteiger partial charge in [-0.25, -0.2) is 4.72 Å². The van der Waals surface area contributed by atoms with Gasteiger partial charge in [0.2, 0.25) is 0 Å². The molecule has 6 heteroatoms. The number of nitrogens with two attached hydrogens (primary N) is 1. The highest BCUT2D eigenvalue weighted by Crippen LogP contribution is 1.98. The van der Waals surface area contributed by atoms with Gasteiger partial charge in [0, 0.05) is 25.7 Å². The molecular formula is C9H23N3O2S. The van der Waals surface area contributed by atoms with Gasteiger partial charge < -0.3 is 5.73 Å². The summed E-state index contributed by atoms with van der Waals surface area (Å²) in [7, 11) is -3.30. The first-order valence-electron chi connectivity index (χ1n) is 5.48. The highest BCUT2D eigenvalue weighted by Gasteiger charge is 2.17. The second-order valence-electron chi connectivity index (χ2n) is 3.44. The van der Waals surface area contributed by atoms with Gasteiger partial charge in [0.15, 0.2) is 0 Å². The van der Waals surface area contributed by atoms with Crippen LogP contribution in [0.4, 0.5) is 0 Å². The van der Waals surface area contributed by atoms with Crippen LogP contribution in [0.2, 0.25) is 0 Å². The Morgan fingerprint density at radius 3 is 2.20 bits per heavy atom. The van der Waals surface area contributed by atoms with Crippen molar-refractivity contribution in [2.75, 3.05) is 19.6 Å². The van der Waals surface area contributed by atoms with Gasteiger partial charge in [-0.05, 0) is 12.8 Å². The molecule has 0 fully saturated rings. The summed E-state index contributed by atoms with van der Waals surface area (Å²) in [5.41, 5.74) is 5.69. The lowest BCUT2D eigenvalue weighted by Gasteiger charge is -2.19. The summed E-state index contributed by atoms with van der Waals surface area (Å²) in [5, 5.41) is 0. The van der Waals surface area contributed by atoms with E-state index in [0.717, 1.165) is 6.42 Å². The molecule has 0 heterocycles. The molecule has 0 aliphatic heterocycles. The third kappa shape index (κ3) is 5.46. The van der Waals surface area contributed by atoms with Crippen LogP contribution < -0.4 is 10.5 Å². The molecule has 0 rings (SSSR count). The molecule has 1 atom stereocenters. The Hall–Kier alpha value is -0.170. The lowest BCUT2D eigenvalue weighted by atomic mass is 10.2. The fourth-order valence-electron chi connectivity index (χ4n) is 1.23. The topological polar surface area (TPSA) is 75.4 Å². The summed E-state index contributed by atoms with van der Waals surface area (Å²) < 4.78 is 27.2. The highest BCUT2D eigenvalue weighted by molar-refractivity contribution is 7.87. The zero-order valence-electron chi connectivity index (χ0n) is 9.86. The van der Waals surface area contributed by atoms with E-state index in [1.54, 1.807) is 0 Å². The molecule has 0 aliphatic rings. The normalized spacial score (nSPS) is 14.5. The molecule has 0 aromatic rings. The zero-order chi connectivity index (χ0) is 11.9. The van der Waals surface area contributed by atoms with E-state index in [4.69, 9.17) is 5.73 Å². The molecule has 5 nitrogen and oxygen atoms in total. The van der Waals surface area contributed by atoms with E-state index >= 15 is 0 Å². The third-order valence-corrected chi connectivity index (χ3v) is 4.13. The molecule has 92 valence electrons. The number of rotatable bonds is 8. The van der Waals surface area contributed by atoms with Gasteiger partial charge in [0.1, 0.15) is 0 Å². The van der Waals surface area contributed by atoms with Gasteiger partial charge in [-0.2, -0.15) is 12.7 Å². The van der Waals surface area contributed by atoms with Gasteiger partial charge in [0.05, 0.1) is 0 Å². The molecule has 3 N–H and O–H groups in total. The second-order valence-corrected chi connectivity index (χ2v) is 5.20. The molecule has 0 saturated carbocycles. The zero-order valence-corrected chi connectivity index (χ0v) is 10.7. The summed E-state index contributed by atoms with van der Waals surface area (Å²) in [6.07, 6.45) is 1.55. The fourth-order valence-corrected chi connectivity index (χ4v) is 2.47. The quantitative estimate of drug-likeness (QED) is 0.637. The molecule has 0 amide bonds. The molecule has 0 aromatic heterocycles. The molecule has 0 spiro atoms. The van der Waals surface area contributed by atoms with Crippen LogP contribution >= 0.6 is 0 Å². The number of hydrogen-bond donors (Lipinski definition) is 2. The Kier molecular flexibility index (Phi) is 7.08. The maximum atomic E-state index is 11.6. The Morgan fingerprint density at radius 2 is 1.80 bits per heavy atom. The minimum absolute atomic E-state index is 0.0735. The second kappa shape index (κ2) is 7.16. The van der Waals surface area contributed by atoms with E-state index in [1.807, 2.05) is 20.8 Å². The summed E-state index contributed by atoms with van der Waals surface area (Å²) in [4.78, 5) is 0. The predicted molar refractivity (Wildman–Crippen MR) is 62.7 cm³/mol. The van der Waals surface area contributed by atoms with Crippen molar-refractivity contribution in [3.8, 4) is 0 Å². The van der Waals surface area contributed by atoms with Crippen LogP contribution in [-0.4, -0.2) is 38.4 Å². The maximum Gasteiger partial charge on any atom is 0.279 e. The average Bonchev–Trinajstić information content (AvgIpc) is 2.18. The first-order valence-corrected chi connectivity index (χ1v) is 6.92. The van der Waals surface area contributed by atoms with Crippen molar-refractivity contribution in [1.82, 2.24) is 9.03 Å². The van der Waals surface area contributed by atoms with Gasteiger partial charge in [0.25, 0.3) is 10.2 Å². The number of hydrogen-bond acceptors (Lipinski definition) is 3. The molecule has 1 unspecified atom stereocenters. The summed E-state index contributed by atoms with van der Waals surface area (Å²) in [6, 6.07) is 0.0735. The SMILES string of the molecule is CCC(N)CCNS(=O)(=O)N(CC)CC. The smallest absolute Gasteiger partial charge is 0.279 e. The maximum absolute atomic E-state index is 11.6. The summed E-state index contributed by atoms with van der Waals surface area (Å²) in [5.74, 6) is 0. The molecule has 0 aliphatic carbocycles. The van der Waals surface area contributed by atoms with Crippen LogP contribution in [0.25, 0.3) is 0 Å². The van der Waals surface area contributed by atoms with Crippen LogP contribution in [0.3, 0.4) is 0 Å². The predicted octanol–water partition coefficient (Wildman–Crippen LogP) is 0.290. The molecule has 0 saturated heterocycles. The van der Waals surface area contributed by atoms with Crippen LogP contribution in [0.15, 0.2) is 0 Å². The molecule has 0 radical (unpaired) electrons. The molecule has 0 aromatic carbocycles. The minimum Gasteiger partial charge on any atom is -0.328 e. The Morgan fingerprint density at radius 1 is 1.27 bits per heavy atom. The van der Waals surface area contributed by atoms with Gasteiger partial charge in [-0.15, -0.1) is 0 Å². The Balaban J connectivity index is 4.04. The molecule has 0 bridgehead atoms. The van der Waals surface area contributed by atoms with E-state index in [2.05, 4.69) is 4.72 Å². The van der Waals surface area contributed by atoms with Crippen LogP contribution in [0, 0.1) is 0 Å². The van der Waals surface area contributed by atoms with Crippen molar-refractivity contribution in [2.45, 2.75) is 39.7 Å². The summed E-state index contributed by atoms with van der Waals surface area (Å²) >= 11 is 0. The van der Waals surface area contributed by atoms with Crippen molar-refractivity contribution in [1.29, 1.82) is 0 Å². The van der Waals surface area contributed by atoms with Crippen LogP contribution in [0.1, 0.15) is 33.6 Å². The van der Waals surface area contributed by atoms with E-state index in [9.17, 15) is 8.42 Å². The van der Waals surface area contributed by atoms with Gasteiger partial charge >= 0.3 is 0 Å². The van der Waals surface area contributed by atoms with E-state index < -0.39 is 10.2 Å². The first-order chi connectivity index (χ1) is 6.97. The van der Waals surface area contributed by atoms with Crippen molar-refractivity contribution in [3.63, 3.8) is 0 Å². The van der Waals surface area contributed by atoms with Crippen LogP contribution in [0.5, 0.6) is 0 Å². The van der Waals surface area contributed by atoms with Crippen molar-refractivity contribution in [3.05, 3.63) is 0 Å². The van der Waals surface area contributed by atoms with Crippen LogP contribution in [-0.2, 0) is 10.2 Å². The third-order valence-electron chi connectivity index (χ3n) is 2.37. The lowest BCUT2D eigenvalue weighted by molar-refractivity contribution is 0.432. The highest BCUT2D eigenvalue weighted by atomic mass is 32.2. The average molecular weight is 237 g/mol. The minimum atomic E-state index is -3.30. The lowest BCUT2D eigenvalue weighted by Crippen LogP contribution is -2.41. The number of nitrogens with zero attached hydrogens (tertiary/aromatic N) is 1. The van der Waals surface area contributed by atoms with E-state index in [1.165, 1.54) is 4.31 Å². The monoisotopic (exact) mass is 237 g/mol. The van der Waals surface area contributed by atoms with Gasteiger partial charge in [-0.3, -0.25) is 0 Å². The molecular weight excluding hydrogens is 214 g/mol. The molecule has 15 heavy (non-hydrogen) atoms. The fraction of sp³-hybridized carbons (Fsp3) is 1.00. The van der Waals surface area contributed by atoms with Gasteiger partial charge in [-0.1, -0.05) is 20.8 Å². The van der Waals surface area contributed by atoms with E-state index in [0.29, 0.717) is 26.1 Å². The van der Waals surface area contributed by atoms with Crippen molar-refractivity contribution in [2.24, 2.45) is 5.73 Å². The summed E-state index contributed by atoms with van der Waals surface area (Å²) in [6.45, 7) is 7.02. The first kappa shape index (κ1) is 14.8. The standard InChI is InChI=1S/C9H23N3O2S/c1-4-9(10)7-8-11-15(13,14)12(5-2)6-3/h9,11H,4-8,10H2,1-3H3. The Labute approximate surface area is 93.2 Å². The van der Waals surface area contributed by atoms with E-state index in [-0.39, 0.29) is 6.04 Å². The van der Waals surface area contributed by atoms with Crippen molar-refractivity contribution < 1.29 is 8.42 Å². The van der Waals surface area contributed by atoms with Crippen molar-refractivity contribution >= 4 is 10.2 Å².